The van der Waals surface area contributed by atoms with Gasteiger partial charge in [-0.2, -0.15) is 0 Å². The van der Waals surface area contributed by atoms with Crippen LogP contribution in [0.3, 0.4) is 0 Å². The molecule has 1 aliphatic heterocycles. The summed E-state index contributed by atoms with van der Waals surface area (Å²) in [6.07, 6.45) is 0.673. The van der Waals surface area contributed by atoms with Crippen LogP contribution in [0.15, 0.2) is 42.5 Å². The zero-order valence-corrected chi connectivity index (χ0v) is 13.5. The van der Waals surface area contributed by atoms with Crippen molar-refractivity contribution in [2.24, 2.45) is 5.92 Å². The summed E-state index contributed by atoms with van der Waals surface area (Å²) in [7, 11) is 1.64. The number of hydrogen-bond donors (Lipinski definition) is 1. The summed E-state index contributed by atoms with van der Waals surface area (Å²) in [5.74, 6) is 1.49. The van der Waals surface area contributed by atoms with E-state index in [1.165, 1.54) is 5.56 Å². The number of benzene rings is 2. The maximum Gasteiger partial charge on any atom is 0.227 e. The van der Waals surface area contributed by atoms with Gasteiger partial charge < -0.3 is 14.8 Å². The number of methoxy groups -OCH3 is 1. The largest absolute Gasteiger partial charge is 0.497 e. The van der Waals surface area contributed by atoms with Crippen molar-refractivity contribution in [1.29, 1.82) is 0 Å². The van der Waals surface area contributed by atoms with Crippen LogP contribution in [0.25, 0.3) is 0 Å². The van der Waals surface area contributed by atoms with Gasteiger partial charge >= 0.3 is 0 Å². The predicted octanol–water partition coefficient (Wildman–Crippen LogP) is 2.87. The van der Waals surface area contributed by atoms with E-state index in [0.29, 0.717) is 19.6 Å². The summed E-state index contributed by atoms with van der Waals surface area (Å²) in [6, 6.07) is 13.9. The fraction of sp³-hybridized carbons (Fsp3) is 0.316. The Balaban J connectivity index is 1.61. The Morgan fingerprint density at radius 3 is 2.78 bits per heavy atom. The molecule has 4 heteroatoms. The molecule has 1 heterocycles. The van der Waals surface area contributed by atoms with Crippen LogP contribution in [0.4, 0.5) is 0 Å². The standard InChI is InChI=1S/C19H21NO3/c1-13-3-5-14(6-4-13)11-20-19(21)16-9-15-10-17(22-2)7-8-18(15)23-12-16/h3-8,10,16H,9,11-12H2,1-2H3,(H,20,21)/t16-/m0/s1. The van der Waals surface area contributed by atoms with Crippen molar-refractivity contribution < 1.29 is 14.3 Å². The minimum Gasteiger partial charge on any atom is -0.497 e. The van der Waals surface area contributed by atoms with Crippen LogP contribution in [0.1, 0.15) is 16.7 Å². The maximum atomic E-state index is 12.4. The van der Waals surface area contributed by atoms with Crippen LogP contribution >= 0.6 is 0 Å². The summed E-state index contributed by atoms with van der Waals surface area (Å²) < 4.78 is 10.9. The van der Waals surface area contributed by atoms with Crippen molar-refractivity contribution in [3.8, 4) is 11.5 Å². The molecule has 23 heavy (non-hydrogen) atoms. The van der Waals surface area contributed by atoms with Gasteiger partial charge in [0.1, 0.15) is 18.1 Å². The molecule has 120 valence electrons. The molecule has 0 spiro atoms. The second-order valence-corrected chi connectivity index (χ2v) is 5.89. The molecule has 4 nitrogen and oxygen atoms in total. The Kier molecular flexibility index (Phi) is 4.51. The van der Waals surface area contributed by atoms with Gasteiger partial charge in [0.15, 0.2) is 0 Å². The van der Waals surface area contributed by atoms with Crippen LogP contribution in [-0.4, -0.2) is 19.6 Å². The lowest BCUT2D eigenvalue weighted by molar-refractivity contribution is -0.126. The van der Waals surface area contributed by atoms with Gasteiger partial charge in [-0.1, -0.05) is 29.8 Å². The van der Waals surface area contributed by atoms with E-state index in [-0.39, 0.29) is 11.8 Å². The highest BCUT2D eigenvalue weighted by atomic mass is 16.5. The van der Waals surface area contributed by atoms with E-state index >= 15 is 0 Å². The number of rotatable bonds is 4. The van der Waals surface area contributed by atoms with E-state index in [1.807, 2.05) is 49.4 Å². The molecule has 0 aromatic heterocycles. The minimum absolute atomic E-state index is 0.0269. The number of fused-ring (bicyclic) bond motifs is 1. The van der Waals surface area contributed by atoms with E-state index < -0.39 is 0 Å². The second-order valence-electron chi connectivity index (χ2n) is 5.89. The fourth-order valence-corrected chi connectivity index (χ4v) is 2.71. The van der Waals surface area contributed by atoms with Gasteiger partial charge in [-0.05, 0) is 42.7 Å². The highest BCUT2D eigenvalue weighted by Gasteiger charge is 2.26. The first-order chi connectivity index (χ1) is 11.2. The third-order valence-electron chi connectivity index (χ3n) is 4.13. The number of carbonyl (C=O) groups is 1. The molecule has 0 saturated carbocycles. The molecular formula is C19H21NO3. The lowest BCUT2D eigenvalue weighted by Gasteiger charge is -2.25. The van der Waals surface area contributed by atoms with Crippen molar-refractivity contribution in [2.45, 2.75) is 19.9 Å². The number of ether oxygens (including phenoxy) is 2. The van der Waals surface area contributed by atoms with Gasteiger partial charge in [-0.15, -0.1) is 0 Å². The van der Waals surface area contributed by atoms with E-state index in [1.54, 1.807) is 7.11 Å². The Labute approximate surface area is 136 Å². The number of amides is 1. The number of nitrogens with one attached hydrogen (secondary N) is 1. The average molecular weight is 311 g/mol. The van der Waals surface area contributed by atoms with Crippen LogP contribution in [-0.2, 0) is 17.8 Å². The third-order valence-corrected chi connectivity index (χ3v) is 4.13. The molecule has 0 radical (unpaired) electrons. The number of aryl methyl sites for hydroxylation is 1. The molecule has 0 bridgehead atoms. The lowest BCUT2D eigenvalue weighted by atomic mass is 9.95. The maximum absolute atomic E-state index is 12.4. The molecule has 0 saturated heterocycles. The minimum atomic E-state index is -0.167. The molecule has 0 aliphatic carbocycles. The first-order valence-electron chi connectivity index (χ1n) is 7.78. The van der Waals surface area contributed by atoms with Crippen molar-refractivity contribution in [3.05, 3.63) is 59.2 Å². The smallest absolute Gasteiger partial charge is 0.227 e. The van der Waals surface area contributed by atoms with Gasteiger partial charge in [-0.25, -0.2) is 0 Å². The average Bonchev–Trinajstić information content (AvgIpc) is 2.60. The van der Waals surface area contributed by atoms with Crippen molar-refractivity contribution >= 4 is 5.91 Å². The molecule has 2 aromatic carbocycles. The number of hydrogen-bond acceptors (Lipinski definition) is 3. The molecule has 1 N–H and O–H groups in total. The van der Waals surface area contributed by atoms with E-state index in [4.69, 9.17) is 9.47 Å². The van der Waals surface area contributed by atoms with E-state index in [0.717, 1.165) is 22.6 Å². The molecule has 0 unspecified atom stereocenters. The summed E-state index contributed by atoms with van der Waals surface area (Å²) in [4.78, 5) is 12.4. The molecule has 1 aliphatic rings. The van der Waals surface area contributed by atoms with E-state index in [2.05, 4.69) is 5.32 Å². The Bertz CT molecular complexity index is 694. The fourth-order valence-electron chi connectivity index (χ4n) is 2.71. The van der Waals surface area contributed by atoms with Gasteiger partial charge in [0.05, 0.1) is 13.0 Å². The van der Waals surface area contributed by atoms with Crippen LogP contribution in [0, 0.1) is 12.8 Å². The first-order valence-corrected chi connectivity index (χ1v) is 7.78. The monoisotopic (exact) mass is 311 g/mol. The second kappa shape index (κ2) is 6.73. The zero-order chi connectivity index (χ0) is 16.2. The molecule has 2 aromatic rings. The summed E-state index contributed by atoms with van der Waals surface area (Å²) >= 11 is 0. The quantitative estimate of drug-likeness (QED) is 0.944. The van der Waals surface area contributed by atoms with E-state index in [9.17, 15) is 4.79 Å². The normalized spacial score (nSPS) is 16.2. The third kappa shape index (κ3) is 3.65. The van der Waals surface area contributed by atoms with Crippen molar-refractivity contribution in [1.82, 2.24) is 5.32 Å². The van der Waals surface area contributed by atoms with Gasteiger partial charge in [0.25, 0.3) is 0 Å². The molecular weight excluding hydrogens is 290 g/mol. The Hall–Kier alpha value is -2.49. The Morgan fingerprint density at radius 1 is 1.26 bits per heavy atom. The molecule has 1 amide bonds. The SMILES string of the molecule is COc1ccc2c(c1)C[C@H](C(=O)NCc1ccc(C)cc1)CO2. The molecule has 0 fully saturated rings. The molecule has 1 atom stereocenters. The first kappa shape index (κ1) is 15.4. The molecule has 3 rings (SSSR count). The van der Waals surface area contributed by atoms with Gasteiger partial charge in [0, 0.05) is 6.54 Å². The summed E-state index contributed by atoms with van der Waals surface area (Å²) in [5.41, 5.74) is 3.33. The van der Waals surface area contributed by atoms with Crippen LogP contribution in [0.2, 0.25) is 0 Å². The lowest BCUT2D eigenvalue weighted by Crippen LogP contribution is -2.37. The zero-order valence-electron chi connectivity index (χ0n) is 13.5. The topological polar surface area (TPSA) is 47.6 Å². The van der Waals surface area contributed by atoms with Crippen molar-refractivity contribution in [2.75, 3.05) is 13.7 Å². The Morgan fingerprint density at radius 2 is 2.04 bits per heavy atom. The predicted molar refractivity (Wildman–Crippen MR) is 88.7 cm³/mol. The van der Waals surface area contributed by atoms with Gasteiger partial charge in [-0.3, -0.25) is 4.79 Å². The van der Waals surface area contributed by atoms with Crippen LogP contribution < -0.4 is 14.8 Å². The van der Waals surface area contributed by atoms with Crippen molar-refractivity contribution in [3.63, 3.8) is 0 Å². The summed E-state index contributed by atoms with van der Waals surface area (Å²) in [6.45, 7) is 3.01. The summed E-state index contributed by atoms with van der Waals surface area (Å²) in [5, 5.41) is 3.00. The highest BCUT2D eigenvalue weighted by molar-refractivity contribution is 5.79. The van der Waals surface area contributed by atoms with Gasteiger partial charge in [0.2, 0.25) is 5.91 Å². The number of carbonyl (C=O) groups excluding carboxylic acids is 1. The highest BCUT2D eigenvalue weighted by Crippen LogP contribution is 2.30. The van der Waals surface area contributed by atoms with Crippen LogP contribution in [0.5, 0.6) is 11.5 Å².